The molecule has 0 amide bonds. The molecule has 0 unspecified atom stereocenters. The van der Waals surface area contributed by atoms with Crippen LogP contribution in [0.4, 0.5) is 0 Å². The van der Waals surface area contributed by atoms with Crippen LogP contribution in [0.5, 0.6) is 0 Å². The van der Waals surface area contributed by atoms with Crippen molar-refractivity contribution in [2.75, 3.05) is 13.1 Å². The fraction of sp³-hybridized carbons (Fsp3) is 0.556. The second kappa shape index (κ2) is 5.73. The highest BCUT2D eigenvalue weighted by Crippen LogP contribution is 2.32. The van der Waals surface area contributed by atoms with E-state index >= 15 is 0 Å². The van der Waals surface area contributed by atoms with Crippen LogP contribution in [0.25, 0.3) is 11.0 Å². The lowest BCUT2D eigenvalue weighted by molar-refractivity contribution is 0.189. The van der Waals surface area contributed by atoms with Gasteiger partial charge in [0, 0.05) is 18.5 Å². The number of benzene rings is 1. The summed E-state index contributed by atoms with van der Waals surface area (Å²) in [5.41, 5.74) is 2.66. The summed E-state index contributed by atoms with van der Waals surface area (Å²) < 4.78 is 0. The molecule has 4 rings (SSSR count). The van der Waals surface area contributed by atoms with Crippen molar-refractivity contribution in [3.63, 3.8) is 0 Å². The average Bonchev–Trinajstić information content (AvgIpc) is 3.21. The molecule has 4 heteroatoms. The summed E-state index contributed by atoms with van der Waals surface area (Å²) >= 11 is 0. The summed E-state index contributed by atoms with van der Waals surface area (Å²) in [6, 6.07) is 8.68. The van der Waals surface area contributed by atoms with Crippen LogP contribution >= 0.6 is 0 Å². The van der Waals surface area contributed by atoms with E-state index in [0.29, 0.717) is 11.5 Å². The van der Waals surface area contributed by atoms with Gasteiger partial charge in [-0.2, -0.15) is 5.26 Å². The van der Waals surface area contributed by atoms with E-state index in [1.165, 1.54) is 45.1 Å². The number of H-pyrrole nitrogens is 1. The molecule has 1 saturated carbocycles. The number of aromatic nitrogens is 2. The predicted octanol–water partition coefficient (Wildman–Crippen LogP) is 3.56. The number of likely N-dealkylation sites (tertiary alicyclic amines) is 1. The Labute approximate surface area is 131 Å². The van der Waals surface area contributed by atoms with Crippen molar-refractivity contribution in [1.82, 2.24) is 14.9 Å². The van der Waals surface area contributed by atoms with Gasteiger partial charge in [-0.1, -0.05) is 19.3 Å². The molecule has 0 bridgehead atoms. The SMILES string of the molecule is N#Cc1ccc2nc([C@H]3CCN(C4CCCCC4)C3)[nH]c2c1. The number of aromatic amines is 1. The molecular formula is C18H22N4. The minimum atomic E-state index is 0.514. The number of imidazole rings is 1. The van der Waals surface area contributed by atoms with Crippen molar-refractivity contribution in [2.45, 2.75) is 50.5 Å². The third-order valence-corrected chi connectivity index (χ3v) is 5.33. The summed E-state index contributed by atoms with van der Waals surface area (Å²) in [7, 11) is 0. The van der Waals surface area contributed by atoms with E-state index in [2.05, 4.69) is 16.0 Å². The van der Waals surface area contributed by atoms with Gasteiger partial charge in [-0.15, -0.1) is 0 Å². The molecular weight excluding hydrogens is 272 g/mol. The van der Waals surface area contributed by atoms with Gasteiger partial charge in [0.05, 0.1) is 22.7 Å². The van der Waals surface area contributed by atoms with E-state index in [1.54, 1.807) is 0 Å². The summed E-state index contributed by atoms with van der Waals surface area (Å²) in [5, 5.41) is 9.00. The highest BCUT2D eigenvalue weighted by atomic mass is 15.2. The van der Waals surface area contributed by atoms with Crippen LogP contribution in [0.1, 0.15) is 55.8 Å². The summed E-state index contributed by atoms with van der Waals surface area (Å²) in [4.78, 5) is 10.9. The third kappa shape index (κ3) is 2.50. The fourth-order valence-corrected chi connectivity index (χ4v) is 4.08. The zero-order chi connectivity index (χ0) is 14.9. The first-order valence-corrected chi connectivity index (χ1v) is 8.47. The van der Waals surface area contributed by atoms with Gasteiger partial charge in [0.15, 0.2) is 0 Å². The maximum Gasteiger partial charge on any atom is 0.111 e. The zero-order valence-corrected chi connectivity index (χ0v) is 12.9. The van der Waals surface area contributed by atoms with Crippen LogP contribution in [0.2, 0.25) is 0 Å². The Hall–Kier alpha value is -1.86. The molecule has 2 fully saturated rings. The molecule has 1 aliphatic heterocycles. The Bertz CT molecular complexity index is 705. The molecule has 4 nitrogen and oxygen atoms in total. The standard InChI is InChI=1S/C18H22N4/c19-11-13-6-7-16-17(10-13)21-18(20-16)14-8-9-22(12-14)15-4-2-1-3-5-15/h6-7,10,14-15H,1-5,8-9,12H2,(H,20,21)/t14-/m0/s1. The first-order valence-electron chi connectivity index (χ1n) is 8.47. The number of nitrogens with zero attached hydrogens (tertiary/aromatic N) is 3. The summed E-state index contributed by atoms with van der Waals surface area (Å²) in [5.74, 6) is 1.61. The summed E-state index contributed by atoms with van der Waals surface area (Å²) in [6.45, 7) is 2.34. The van der Waals surface area contributed by atoms with Crippen LogP contribution < -0.4 is 0 Å². The normalized spacial score (nSPS) is 23.9. The van der Waals surface area contributed by atoms with Gasteiger partial charge >= 0.3 is 0 Å². The zero-order valence-electron chi connectivity index (χ0n) is 12.9. The van der Waals surface area contributed by atoms with Gasteiger partial charge in [0.2, 0.25) is 0 Å². The van der Waals surface area contributed by atoms with Gasteiger partial charge in [-0.3, -0.25) is 4.90 Å². The molecule has 1 saturated heterocycles. The maximum absolute atomic E-state index is 9.00. The highest BCUT2D eigenvalue weighted by molar-refractivity contribution is 5.76. The van der Waals surface area contributed by atoms with E-state index in [0.717, 1.165) is 29.4 Å². The van der Waals surface area contributed by atoms with Crippen LogP contribution in [-0.4, -0.2) is 34.0 Å². The number of fused-ring (bicyclic) bond motifs is 1. The van der Waals surface area contributed by atoms with Gasteiger partial charge in [-0.25, -0.2) is 4.98 Å². The smallest absolute Gasteiger partial charge is 0.111 e. The molecule has 1 atom stereocenters. The largest absolute Gasteiger partial charge is 0.342 e. The van der Waals surface area contributed by atoms with Crippen LogP contribution in [0.15, 0.2) is 18.2 Å². The quantitative estimate of drug-likeness (QED) is 0.921. The van der Waals surface area contributed by atoms with Crippen LogP contribution in [-0.2, 0) is 0 Å². The molecule has 2 aromatic rings. The number of rotatable bonds is 2. The molecule has 1 aliphatic carbocycles. The Kier molecular flexibility index (Phi) is 3.59. The molecule has 1 aromatic carbocycles. The number of hydrogen-bond acceptors (Lipinski definition) is 3. The van der Waals surface area contributed by atoms with Crippen LogP contribution in [0.3, 0.4) is 0 Å². The number of nitriles is 1. The minimum absolute atomic E-state index is 0.514. The predicted molar refractivity (Wildman–Crippen MR) is 86.6 cm³/mol. The summed E-state index contributed by atoms with van der Waals surface area (Å²) in [6.07, 6.45) is 8.15. The Morgan fingerprint density at radius 1 is 1.18 bits per heavy atom. The van der Waals surface area contributed by atoms with Crippen molar-refractivity contribution >= 4 is 11.0 Å². The molecule has 114 valence electrons. The van der Waals surface area contributed by atoms with Gasteiger partial charge in [-0.05, 0) is 44.0 Å². The van der Waals surface area contributed by atoms with Gasteiger partial charge in [0.25, 0.3) is 0 Å². The topological polar surface area (TPSA) is 55.7 Å². The first-order chi connectivity index (χ1) is 10.8. The Morgan fingerprint density at radius 2 is 2.05 bits per heavy atom. The molecule has 0 spiro atoms. The minimum Gasteiger partial charge on any atom is -0.342 e. The molecule has 2 aliphatic rings. The second-order valence-electron chi connectivity index (χ2n) is 6.74. The van der Waals surface area contributed by atoms with E-state index < -0.39 is 0 Å². The highest BCUT2D eigenvalue weighted by Gasteiger charge is 2.31. The monoisotopic (exact) mass is 294 g/mol. The second-order valence-corrected chi connectivity index (χ2v) is 6.74. The van der Waals surface area contributed by atoms with E-state index in [1.807, 2.05) is 18.2 Å². The molecule has 0 radical (unpaired) electrons. The number of nitrogens with one attached hydrogen (secondary N) is 1. The van der Waals surface area contributed by atoms with E-state index in [-0.39, 0.29) is 0 Å². The molecule has 1 aromatic heterocycles. The fourth-order valence-electron chi connectivity index (χ4n) is 4.08. The average molecular weight is 294 g/mol. The van der Waals surface area contributed by atoms with Crippen molar-refractivity contribution in [3.8, 4) is 6.07 Å². The van der Waals surface area contributed by atoms with E-state index in [9.17, 15) is 0 Å². The lowest BCUT2D eigenvalue weighted by Gasteiger charge is -2.30. The molecule has 1 N–H and O–H groups in total. The Morgan fingerprint density at radius 3 is 2.86 bits per heavy atom. The lowest BCUT2D eigenvalue weighted by atomic mass is 9.94. The molecule has 2 heterocycles. The Balaban J connectivity index is 1.51. The molecule has 22 heavy (non-hydrogen) atoms. The first kappa shape index (κ1) is 13.8. The van der Waals surface area contributed by atoms with Crippen molar-refractivity contribution in [2.24, 2.45) is 0 Å². The van der Waals surface area contributed by atoms with E-state index in [4.69, 9.17) is 10.2 Å². The lowest BCUT2D eigenvalue weighted by Crippen LogP contribution is -2.34. The van der Waals surface area contributed by atoms with Crippen molar-refractivity contribution in [3.05, 3.63) is 29.6 Å². The van der Waals surface area contributed by atoms with Gasteiger partial charge in [0.1, 0.15) is 5.82 Å². The van der Waals surface area contributed by atoms with Gasteiger partial charge < -0.3 is 4.98 Å². The van der Waals surface area contributed by atoms with Crippen molar-refractivity contribution in [1.29, 1.82) is 5.26 Å². The maximum atomic E-state index is 9.00. The number of hydrogen-bond donors (Lipinski definition) is 1. The van der Waals surface area contributed by atoms with Crippen LogP contribution in [0, 0.1) is 11.3 Å². The third-order valence-electron chi connectivity index (χ3n) is 5.33. The van der Waals surface area contributed by atoms with Crippen molar-refractivity contribution < 1.29 is 0 Å².